The Kier molecular flexibility index (Phi) is 5.29. The molecule has 4 rings (SSSR count). The van der Waals surface area contributed by atoms with Gasteiger partial charge in [-0.05, 0) is 81.4 Å². The van der Waals surface area contributed by atoms with Crippen molar-refractivity contribution in [1.82, 2.24) is 5.32 Å². The fourth-order valence-electron chi connectivity index (χ4n) is 4.97. The van der Waals surface area contributed by atoms with E-state index >= 15 is 0 Å². The van der Waals surface area contributed by atoms with Crippen molar-refractivity contribution in [1.29, 1.82) is 0 Å². The Hall–Kier alpha value is -3.26. The van der Waals surface area contributed by atoms with Crippen LogP contribution in [0.3, 0.4) is 0 Å². The number of aliphatic hydroxyl groups is 1. The second kappa shape index (κ2) is 7.70. The number of non-ortho nitro benzene ring substituents is 1. The lowest BCUT2D eigenvalue weighted by Crippen LogP contribution is -2.49. The third kappa shape index (κ3) is 3.44. The molecular weight excluding hydrogens is 412 g/mol. The van der Waals surface area contributed by atoms with Crippen LogP contribution in [-0.2, 0) is 4.79 Å². The van der Waals surface area contributed by atoms with E-state index in [4.69, 9.17) is 4.74 Å². The minimum Gasteiger partial charge on any atom is -0.410 e. The molecule has 1 aromatic rings. The van der Waals surface area contributed by atoms with Crippen molar-refractivity contribution in [3.63, 3.8) is 0 Å². The van der Waals surface area contributed by atoms with Crippen molar-refractivity contribution < 1.29 is 24.4 Å². The van der Waals surface area contributed by atoms with E-state index in [1.165, 1.54) is 24.3 Å². The van der Waals surface area contributed by atoms with Crippen molar-refractivity contribution in [2.45, 2.75) is 52.1 Å². The summed E-state index contributed by atoms with van der Waals surface area (Å²) < 4.78 is 5.14. The molecule has 3 aliphatic rings. The Balaban J connectivity index is 1.35. The Labute approximate surface area is 185 Å². The van der Waals surface area contributed by atoms with Crippen molar-refractivity contribution in [3.05, 3.63) is 68.3 Å². The molecule has 1 amide bonds. The van der Waals surface area contributed by atoms with Crippen molar-refractivity contribution >= 4 is 17.6 Å². The molecular formula is C24H26N2O6. The molecule has 2 N–H and O–H groups in total. The molecule has 0 heterocycles. The highest BCUT2D eigenvalue weighted by Gasteiger charge is 2.64. The number of benzene rings is 1. The molecule has 0 bridgehead atoms. The molecule has 1 fully saturated rings. The van der Waals surface area contributed by atoms with Crippen LogP contribution in [0.15, 0.2) is 58.2 Å². The summed E-state index contributed by atoms with van der Waals surface area (Å²) in [4.78, 5) is 35.2. The van der Waals surface area contributed by atoms with Gasteiger partial charge in [0.05, 0.1) is 4.92 Å². The van der Waals surface area contributed by atoms with Crippen molar-refractivity contribution in [3.8, 4) is 5.75 Å². The van der Waals surface area contributed by atoms with E-state index in [9.17, 15) is 24.8 Å². The van der Waals surface area contributed by atoms with Crippen LogP contribution < -0.4 is 10.1 Å². The lowest BCUT2D eigenvalue weighted by atomic mass is 9.67. The largest absolute Gasteiger partial charge is 0.412 e. The molecule has 1 saturated carbocycles. The van der Waals surface area contributed by atoms with E-state index in [-0.39, 0.29) is 17.2 Å². The number of nitrogens with zero attached hydrogens (tertiary/aromatic N) is 1. The number of nitro groups is 1. The molecule has 0 radical (unpaired) electrons. The molecule has 8 nitrogen and oxygen atoms in total. The summed E-state index contributed by atoms with van der Waals surface area (Å²) in [5.74, 6) is 0.0225. The van der Waals surface area contributed by atoms with Crippen LogP contribution in [0.1, 0.15) is 46.5 Å². The first-order valence-corrected chi connectivity index (χ1v) is 10.7. The number of ether oxygens (including phenoxy) is 1. The number of hydrogen-bond acceptors (Lipinski definition) is 6. The molecule has 0 aromatic heterocycles. The topological polar surface area (TPSA) is 119 Å². The van der Waals surface area contributed by atoms with Gasteiger partial charge in [0.1, 0.15) is 11.4 Å². The van der Waals surface area contributed by atoms with Crippen LogP contribution in [-0.4, -0.2) is 34.1 Å². The van der Waals surface area contributed by atoms with Gasteiger partial charge in [-0.3, -0.25) is 14.9 Å². The summed E-state index contributed by atoms with van der Waals surface area (Å²) in [6.45, 7) is 6.01. The minimum atomic E-state index is -1.36. The Bertz CT molecular complexity index is 1100. The maximum Gasteiger partial charge on any atom is 0.412 e. The zero-order valence-corrected chi connectivity index (χ0v) is 18.4. The Morgan fingerprint density at radius 2 is 1.91 bits per heavy atom. The molecule has 1 spiro atoms. The van der Waals surface area contributed by atoms with E-state index in [2.05, 4.69) is 5.32 Å². The number of allylic oxidation sites excluding steroid dienone is 4. The molecule has 0 unspecified atom stereocenters. The van der Waals surface area contributed by atoms with E-state index in [0.717, 1.165) is 35.1 Å². The van der Waals surface area contributed by atoms with Crippen LogP contribution in [0.2, 0.25) is 0 Å². The average Bonchev–Trinajstić information content (AvgIpc) is 3.49. The fourth-order valence-corrected chi connectivity index (χ4v) is 4.97. The first-order valence-electron chi connectivity index (χ1n) is 10.7. The van der Waals surface area contributed by atoms with Crippen LogP contribution in [0, 0.1) is 15.5 Å². The Morgan fingerprint density at radius 1 is 1.25 bits per heavy atom. The Morgan fingerprint density at radius 3 is 2.50 bits per heavy atom. The number of hydrogen-bond donors (Lipinski definition) is 2. The van der Waals surface area contributed by atoms with Gasteiger partial charge in [-0.25, -0.2) is 4.79 Å². The van der Waals surface area contributed by atoms with Crippen molar-refractivity contribution in [2.75, 3.05) is 6.54 Å². The van der Waals surface area contributed by atoms with Gasteiger partial charge in [0.15, 0.2) is 5.78 Å². The zero-order valence-electron chi connectivity index (χ0n) is 18.4. The lowest BCUT2D eigenvalue weighted by Gasteiger charge is -2.39. The van der Waals surface area contributed by atoms with E-state index < -0.39 is 22.0 Å². The minimum absolute atomic E-state index is 0.0776. The van der Waals surface area contributed by atoms with E-state index in [1.54, 1.807) is 6.92 Å². The number of amides is 1. The standard InChI is InChI=1S/C24H26N2O6/c1-14-13-19-20(15(2)24(10-11-24)23(3,29)21(19)27)18(14)5-4-12-25-22(28)32-17-8-6-16(7-9-17)26(30)31/h6-9,13,29H,4-5,10-12H2,1-3H3,(H,25,28)/t23-/m0/s1. The maximum atomic E-state index is 13.0. The highest BCUT2D eigenvalue weighted by atomic mass is 16.6. The summed E-state index contributed by atoms with van der Waals surface area (Å²) in [6, 6.07) is 5.29. The molecule has 0 aliphatic heterocycles. The predicted molar refractivity (Wildman–Crippen MR) is 117 cm³/mol. The fraction of sp³-hybridized carbons (Fsp3) is 0.417. The number of nitrogens with one attached hydrogen (secondary N) is 1. The molecule has 0 saturated heterocycles. The van der Waals surface area contributed by atoms with Crippen LogP contribution in [0.5, 0.6) is 5.75 Å². The SMILES string of the molecule is CC1=C(CCCNC(=O)Oc2ccc([N+](=O)[O-])cc2)C2=C(C)C3(CC3)[C@@](C)(O)C(=O)C2=C1. The number of nitro benzene ring substituents is 1. The van der Waals surface area contributed by atoms with Gasteiger partial charge in [0, 0.05) is 29.7 Å². The number of Topliss-reactive ketones (excluding diaryl/α,β-unsaturated/α-hetero) is 1. The van der Waals surface area contributed by atoms with Crippen molar-refractivity contribution in [2.24, 2.45) is 5.41 Å². The highest BCUT2D eigenvalue weighted by molar-refractivity contribution is 6.10. The second-order valence-electron chi connectivity index (χ2n) is 8.87. The quantitative estimate of drug-likeness (QED) is 0.391. The normalized spacial score (nSPS) is 23.2. The van der Waals surface area contributed by atoms with Gasteiger partial charge in [0.2, 0.25) is 0 Å². The maximum absolute atomic E-state index is 13.0. The summed E-state index contributed by atoms with van der Waals surface area (Å²) in [7, 11) is 0. The van der Waals surface area contributed by atoms with Gasteiger partial charge < -0.3 is 15.2 Å². The summed E-state index contributed by atoms with van der Waals surface area (Å²) in [6.07, 6.45) is 4.20. The molecule has 1 atom stereocenters. The monoisotopic (exact) mass is 438 g/mol. The van der Waals surface area contributed by atoms with E-state index in [0.29, 0.717) is 25.0 Å². The predicted octanol–water partition coefficient (Wildman–Crippen LogP) is 4.15. The average molecular weight is 438 g/mol. The van der Waals surface area contributed by atoms with Gasteiger partial charge in [-0.15, -0.1) is 0 Å². The first-order chi connectivity index (χ1) is 15.1. The molecule has 3 aliphatic carbocycles. The van der Waals surface area contributed by atoms with Crippen LogP contribution >= 0.6 is 0 Å². The number of ketones is 1. The number of rotatable bonds is 6. The van der Waals surface area contributed by atoms with Gasteiger partial charge in [-0.1, -0.05) is 5.57 Å². The first kappa shape index (κ1) is 22.0. The molecule has 1 aromatic carbocycles. The summed E-state index contributed by atoms with van der Waals surface area (Å²) in [5.41, 5.74) is 2.90. The molecule has 32 heavy (non-hydrogen) atoms. The third-order valence-corrected chi connectivity index (χ3v) is 7.00. The smallest absolute Gasteiger partial charge is 0.410 e. The van der Waals surface area contributed by atoms with Crippen LogP contribution in [0.4, 0.5) is 10.5 Å². The lowest BCUT2D eigenvalue weighted by molar-refractivity contribution is -0.384. The number of carbonyl (C=O) groups excluding carboxylic acids is 2. The van der Waals surface area contributed by atoms with Gasteiger partial charge >= 0.3 is 6.09 Å². The van der Waals surface area contributed by atoms with Gasteiger partial charge in [0.25, 0.3) is 5.69 Å². The van der Waals surface area contributed by atoms with Crippen LogP contribution in [0.25, 0.3) is 0 Å². The van der Waals surface area contributed by atoms with Gasteiger partial charge in [-0.2, -0.15) is 0 Å². The summed E-state index contributed by atoms with van der Waals surface area (Å²) >= 11 is 0. The zero-order chi connectivity index (χ0) is 23.3. The number of fused-ring (bicyclic) bond motifs is 1. The third-order valence-electron chi connectivity index (χ3n) is 7.00. The molecule has 8 heteroatoms. The summed E-state index contributed by atoms with van der Waals surface area (Å²) in [5, 5.41) is 24.3. The molecule has 168 valence electrons. The second-order valence-corrected chi connectivity index (χ2v) is 8.87. The highest BCUT2D eigenvalue weighted by Crippen LogP contribution is 2.65. The number of carbonyl (C=O) groups is 2. The van der Waals surface area contributed by atoms with E-state index in [1.807, 2.05) is 19.9 Å².